The molecule has 2 unspecified atom stereocenters. The smallest absolute Gasteiger partial charge is 0.462 e. The highest BCUT2D eigenvalue weighted by molar-refractivity contribution is 7.47. The summed E-state index contributed by atoms with van der Waals surface area (Å²) in [6.07, 6.45) is 20.2. The molecule has 19 heteroatoms. The van der Waals surface area contributed by atoms with Crippen LogP contribution in [0.3, 0.4) is 0 Å². The topological polar surface area (TPSA) is 220 Å². The summed E-state index contributed by atoms with van der Waals surface area (Å²) in [7, 11) is -5.00. The molecule has 75 heavy (non-hydrogen) atoms. The Morgan fingerprint density at radius 1 is 0.427 bits per heavy atom. The third-order valence-corrected chi connectivity index (χ3v) is 12.8. The molecular formula is C56H105N2O16P. The quantitative estimate of drug-likeness (QED) is 0.0259. The number of phosphoric acid groups is 1. The van der Waals surface area contributed by atoms with Crippen molar-refractivity contribution in [3.05, 3.63) is 0 Å². The van der Waals surface area contributed by atoms with E-state index in [9.17, 15) is 38.2 Å². The fourth-order valence-corrected chi connectivity index (χ4v) is 8.47. The summed E-state index contributed by atoms with van der Waals surface area (Å²) >= 11 is 0. The molecule has 0 aromatic heterocycles. The van der Waals surface area contributed by atoms with Gasteiger partial charge >= 0.3 is 43.9 Å². The number of rotatable bonds is 44. The molecule has 0 aromatic rings. The second-order valence-corrected chi connectivity index (χ2v) is 23.7. The van der Waals surface area contributed by atoms with E-state index in [1.807, 2.05) is 0 Å². The second-order valence-electron chi connectivity index (χ2n) is 22.3. The maximum atomic E-state index is 13.4. The van der Waals surface area contributed by atoms with Crippen molar-refractivity contribution in [1.29, 1.82) is 0 Å². The first-order chi connectivity index (χ1) is 35.3. The van der Waals surface area contributed by atoms with Crippen LogP contribution < -0.4 is 0 Å². The zero-order chi connectivity index (χ0) is 56.7. The van der Waals surface area contributed by atoms with E-state index in [2.05, 4.69) is 13.8 Å². The molecule has 0 heterocycles. The van der Waals surface area contributed by atoms with Gasteiger partial charge in [-0.15, -0.1) is 0 Å². The second kappa shape index (κ2) is 41.6. The number of carbonyl (C=O) groups is 6. The van der Waals surface area contributed by atoms with Gasteiger partial charge in [-0.05, 0) is 82.1 Å². The Kier molecular flexibility index (Phi) is 39.7. The number of hydrogen-bond acceptors (Lipinski definition) is 15. The Hall–Kier alpha value is -3.47. The zero-order valence-electron chi connectivity index (χ0n) is 48.8. The van der Waals surface area contributed by atoms with Gasteiger partial charge in [-0.1, -0.05) is 142 Å². The standard InChI is InChI=1S/C56H105N2O16P/c1-13-15-17-19-21-23-25-27-29-31-33-35-49(59)67-41-47(71-51(61)36-34-32-30-28-26-24-22-20-18-16-14-2)43-69-75(65,66)70-44-48(72-52(62)38-40-58(46(5)6)54(64)74-56(10,11)12)42-68-50(60)37-39-57(45(3)4)53(63)73-55(7,8)9/h45-48H,13-44H2,1-12H3,(H,65,66)/t47-,48?/m1/s1. The highest BCUT2D eigenvalue weighted by Crippen LogP contribution is 2.43. The first-order valence-corrected chi connectivity index (χ1v) is 30.1. The lowest BCUT2D eigenvalue weighted by atomic mass is 10.1. The predicted molar refractivity (Wildman–Crippen MR) is 291 cm³/mol. The van der Waals surface area contributed by atoms with E-state index < -0.39 is 93.7 Å². The molecular weight excluding hydrogens is 988 g/mol. The summed E-state index contributed by atoms with van der Waals surface area (Å²) in [5.41, 5.74) is -1.56. The number of carbonyl (C=O) groups excluding carboxylic acids is 6. The van der Waals surface area contributed by atoms with E-state index in [1.54, 1.807) is 69.2 Å². The predicted octanol–water partition coefficient (Wildman–Crippen LogP) is 13.5. The monoisotopic (exact) mass is 1090 g/mol. The molecule has 0 aliphatic carbocycles. The molecule has 2 amide bonds. The van der Waals surface area contributed by atoms with Crippen LogP contribution in [-0.4, -0.2) is 126 Å². The molecule has 0 bridgehead atoms. The minimum absolute atomic E-state index is 0.0541. The number of phosphoric ester groups is 1. The average molecular weight is 1090 g/mol. The van der Waals surface area contributed by atoms with Crippen molar-refractivity contribution in [1.82, 2.24) is 9.80 Å². The molecule has 0 spiro atoms. The number of unbranched alkanes of at least 4 members (excludes halogenated alkanes) is 20. The molecule has 0 rings (SSSR count). The summed E-state index contributed by atoms with van der Waals surface area (Å²) in [4.78, 5) is 91.3. The Balaban J connectivity index is 5.83. The van der Waals surface area contributed by atoms with Crippen molar-refractivity contribution in [3.8, 4) is 0 Å². The van der Waals surface area contributed by atoms with Crippen molar-refractivity contribution in [2.45, 2.75) is 286 Å². The Labute approximate surface area is 453 Å². The summed E-state index contributed by atoms with van der Waals surface area (Å²) in [6, 6.07) is -0.662. The third-order valence-electron chi connectivity index (χ3n) is 11.9. The highest BCUT2D eigenvalue weighted by atomic mass is 31.2. The van der Waals surface area contributed by atoms with Crippen LogP contribution in [0, 0.1) is 0 Å². The van der Waals surface area contributed by atoms with Gasteiger partial charge in [-0.25, -0.2) is 14.2 Å². The lowest BCUT2D eigenvalue weighted by Crippen LogP contribution is -2.42. The molecule has 3 atom stereocenters. The minimum atomic E-state index is -5.00. The molecule has 18 nitrogen and oxygen atoms in total. The number of ether oxygens (including phenoxy) is 6. The van der Waals surface area contributed by atoms with Crippen LogP contribution in [0.4, 0.5) is 9.59 Å². The van der Waals surface area contributed by atoms with E-state index in [0.29, 0.717) is 12.8 Å². The normalized spacial score (nSPS) is 13.4. The minimum Gasteiger partial charge on any atom is -0.462 e. The van der Waals surface area contributed by atoms with Gasteiger partial charge < -0.3 is 43.1 Å². The van der Waals surface area contributed by atoms with Crippen LogP contribution in [0.5, 0.6) is 0 Å². The van der Waals surface area contributed by atoms with E-state index in [1.165, 1.54) is 93.3 Å². The SMILES string of the molecule is CCCCCCCCCCCCCC(=O)OC[C@H](COP(=O)(O)OCC(COC(=O)CCN(C(=O)OC(C)(C)C)C(C)C)OC(=O)CCN(C(=O)OC(C)(C)C)C(C)C)OC(=O)CCCCCCCCCCCCC. The summed E-state index contributed by atoms with van der Waals surface area (Å²) in [6.45, 7) is 19.1. The van der Waals surface area contributed by atoms with Gasteiger partial charge in [0.25, 0.3) is 0 Å². The molecule has 0 saturated carbocycles. The van der Waals surface area contributed by atoms with Crippen LogP contribution in [-0.2, 0) is 61.2 Å². The van der Waals surface area contributed by atoms with Crippen molar-refractivity contribution in [3.63, 3.8) is 0 Å². The Morgan fingerprint density at radius 3 is 1.03 bits per heavy atom. The van der Waals surface area contributed by atoms with Crippen molar-refractivity contribution < 1.29 is 75.7 Å². The Bertz CT molecular complexity index is 1610. The molecule has 440 valence electrons. The van der Waals surface area contributed by atoms with Crippen LogP contribution in [0.2, 0.25) is 0 Å². The van der Waals surface area contributed by atoms with Gasteiger partial charge in [-0.3, -0.25) is 28.2 Å². The average Bonchev–Trinajstić information content (AvgIpc) is 3.30. The summed E-state index contributed by atoms with van der Waals surface area (Å²) in [5, 5.41) is 0. The van der Waals surface area contributed by atoms with Gasteiger partial charge in [0.2, 0.25) is 0 Å². The lowest BCUT2D eigenvalue weighted by Gasteiger charge is -2.30. The third kappa shape index (κ3) is 42.3. The first-order valence-electron chi connectivity index (χ1n) is 28.6. The molecule has 0 radical (unpaired) electrons. The van der Waals surface area contributed by atoms with Crippen molar-refractivity contribution >= 4 is 43.9 Å². The number of hydrogen-bond donors (Lipinski definition) is 1. The van der Waals surface area contributed by atoms with Crippen LogP contribution in [0.25, 0.3) is 0 Å². The largest absolute Gasteiger partial charge is 0.472 e. The van der Waals surface area contributed by atoms with Gasteiger partial charge in [0.05, 0.1) is 26.1 Å². The fraction of sp³-hybridized carbons (Fsp3) is 0.893. The molecule has 0 saturated heterocycles. The summed E-state index contributed by atoms with van der Waals surface area (Å²) < 4.78 is 56.9. The van der Waals surface area contributed by atoms with Crippen molar-refractivity contribution in [2.75, 3.05) is 39.5 Å². The molecule has 0 aliphatic heterocycles. The van der Waals surface area contributed by atoms with E-state index in [0.717, 1.165) is 44.9 Å². The first kappa shape index (κ1) is 71.5. The van der Waals surface area contributed by atoms with Gasteiger partial charge in [0.15, 0.2) is 12.2 Å². The molecule has 0 fully saturated rings. The van der Waals surface area contributed by atoms with Crippen LogP contribution in [0.15, 0.2) is 0 Å². The number of amides is 2. The van der Waals surface area contributed by atoms with Gasteiger partial charge in [0.1, 0.15) is 24.4 Å². The zero-order valence-corrected chi connectivity index (χ0v) is 49.7. The van der Waals surface area contributed by atoms with Crippen LogP contribution >= 0.6 is 7.82 Å². The van der Waals surface area contributed by atoms with Crippen molar-refractivity contribution in [2.24, 2.45) is 0 Å². The lowest BCUT2D eigenvalue weighted by molar-refractivity contribution is -0.162. The summed E-state index contributed by atoms with van der Waals surface area (Å²) in [5.74, 6) is -2.70. The highest BCUT2D eigenvalue weighted by Gasteiger charge is 2.31. The molecule has 0 aromatic carbocycles. The van der Waals surface area contributed by atoms with Gasteiger partial charge in [-0.2, -0.15) is 0 Å². The van der Waals surface area contributed by atoms with Crippen LogP contribution in [0.1, 0.15) is 250 Å². The molecule has 1 N–H and O–H groups in total. The van der Waals surface area contributed by atoms with Gasteiger partial charge in [0, 0.05) is 38.0 Å². The maximum absolute atomic E-state index is 13.4. The van der Waals surface area contributed by atoms with E-state index in [-0.39, 0.29) is 50.9 Å². The Morgan fingerprint density at radius 2 is 0.707 bits per heavy atom. The number of esters is 4. The fourth-order valence-electron chi connectivity index (χ4n) is 7.68. The number of nitrogens with zero attached hydrogens (tertiary/aromatic N) is 2. The maximum Gasteiger partial charge on any atom is 0.472 e. The van der Waals surface area contributed by atoms with E-state index >= 15 is 0 Å². The van der Waals surface area contributed by atoms with E-state index in [4.69, 9.17) is 37.5 Å². The molecule has 0 aliphatic rings.